The Labute approximate surface area is 164 Å². The van der Waals surface area contributed by atoms with E-state index in [0.29, 0.717) is 6.42 Å². The van der Waals surface area contributed by atoms with Crippen LogP contribution in [0.4, 0.5) is 4.79 Å². The predicted octanol–water partition coefficient (Wildman–Crippen LogP) is 3.31. The zero-order valence-electron chi connectivity index (χ0n) is 15.7. The largest absolute Gasteiger partial charge is 0.469 e. The van der Waals surface area contributed by atoms with Crippen LogP contribution in [-0.4, -0.2) is 42.6 Å². The third-order valence-electron chi connectivity index (χ3n) is 4.88. The van der Waals surface area contributed by atoms with Gasteiger partial charge in [-0.3, -0.25) is 9.59 Å². The van der Waals surface area contributed by atoms with Crippen LogP contribution in [0.5, 0.6) is 0 Å². The quantitative estimate of drug-likeness (QED) is 0.688. The summed E-state index contributed by atoms with van der Waals surface area (Å²) in [5, 5.41) is 0. The van der Waals surface area contributed by atoms with Crippen LogP contribution in [0.25, 0.3) is 0 Å². The molecule has 0 bridgehead atoms. The molecule has 1 aliphatic heterocycles. The zero-order chi connectivity index (χ0) is 19.9. The molecule has 1 heterocycles. The van der Waals surface area contributed by atoms with Crippen LogP contribution >= 0.6 is 0 Å². The molecule has 0 aromatic heterocycles. The SMILES string of the molecule is COC(=O)C[C@H](CC(=O)N1C(=O)OC[C@@H]1Cc1ccccc1)c1ccccc1. The van der Waals surface area contributed by atoms with Crippen LogP contribution in [-0.2, 0) is 25.5 Å². The van der Waals surface area contributed by atoms with Crippen molar-refractivity contribution < 1.29 is 23.9 Å². The van der Waals surface area contributed by atoms with E-state index in [1.54, 1.807) is 0 Å². The molecule has 146 valence electrons. The molecule has 0 saturated carbocycles. The van der Waals surface area contributed by atoms with Crippen molar-refractivity contribution in [2.24, 2.45) is 0 Å². The van der Waals surface area contributed by atoms with Gasteiger partial charge in [-0.25, -0.2) is 9.69 Å². The second-order valence-corrected chi connectivity index (χ2v) is 6.78. The van der Waals surface area contributed by atoms with Gasteiger partial charge in [-0.05, 0) is 17.5 Å². The molecular weight excluding hydrogens is 358 g/mol. The summed E-state index contributed by atoms with van der Waals surface area (Å²) in [5.41, 5.74) is 1.88. The average molecular weight is 381 g/mol. The van der Waals surface area contributed by atoms with Crippen LogP contribution in [0.1, 0.15) is 29.9 Å². The molecule has 1 aliphatic rings. The summed E-state index contributed by atoms with van der Waals surface area (Å²) in [4.78, 5) is 38.2. The minimum Gasteiger partial charge on any atom is -0.469 e. The topological polar surface area (TPSA) is 72.9 Å². The van der Waals surface area contributed by atoms with E-state index >= 15 is 0 Å². The van der Waals surface area contributed by atoms with E-state index < -0.39 is 12.1 Å². The van der Waals surface area contributed by atoms with Gasteiger partial charge in [0.25, 0.3) is 0 Å². The van der Waals surface area contributed by atoms with Gasteiger partial charge in [-0.2, -0.15) is 0 Å². The van der Waals surface area contributed by atoms with Gasteiger partial charge in [0.2, 0.25) is 5.91 Å². The maximum absolute atomic E-state index is 13.0. The first-order chi connectivity index (χ1) is 13.6. The molecule has 0 aliphatic carbocycles. The average Bonchev–Trinajstić information content (AvgIpc) is 3.08. The normalized spacial score (nSPS) is 17.1. The molecule has 0 radical (unpaired) electrons. The van der Waals surface area contributed by atoms with Gasteiger partial charge in [0, 0.05) is 12.3 Å². The van der Waals surface area contributed by atoms with E-state index in [0.717, 1.165) is 11.1 Å². The minimum absolute atomic E-state index is 0.0273. The van der Waals surface area contributed by atoms with E-state index in [9.17, 15) is 14.4 Å². The number of hydrogen-bond donors (Lipinski definition) is 0. The van der Waals surface area contributed by atoms with Crippen LogP contribution in [0.2, 0.25) is 0 Å². The number of carbonyl (C=O) groups is 3. The maximum Gasteiger partial charge on any atom is 0.416 e. The number of hydrogen-bond acceptors (Lipinski definition) is 5. The molecule has 2 amide bonds. The summed E-state index contributed by atoms with van der Waals surface area (Å²) in [7, 11) is 1.32. The highest BCUT2D eigenvalue weighted by molar-refractivity contribution is 5.94. The van der Waals surface area contributed by atoms with Gasteiger partial charge in [0.15, 0.2) is 0 Å². The maximum atomic E-state index is 13.0. The molecule has 28 heavy (non-hydrogen) atoms. The van der Waals surface area contributed by atoms with Gasteiger partial charge in [-0.15, -0.1) is 0 Å². The fourth-order valence-corrected chi connectivity index (χ4v) is 3.43. The molecule has 0 spiro atoms. The Morgan fingerprint density at radius 2 is 1.71 bits per heavy atom. The molecule has 2 atom stereocenters. The van der Waals surface area contributed by atoms with Gasteiger partial charge in [0.05, 0.1) is 19.6 Å². The summed E-state index contributed by atoms with van der Waals surface area (Å²) in [6.45, 7) is 0.173. The molecule has 6 heteroatoms. The van der Waals surface area contributed by atoms with Crippen LogP contribution < -0.4 is 0 Å². The highest BCUT2D eigenvalue weighted by Gasteiger charge is 2.38. The standard InChI is InChI=1S/C22H23NO5/c1-27-21(25)14-18(17-10-6-3-7-11-17)13-20(24)23-19(15-28-22(23)26)12-16-8-4-2-5-9-16/h2-11,18-19H,12-15H2,1H3/t18-,19-/m0/s1. The predicted molar refractivity (Wildman–Crippen MR) is 103 cm³/mol. The fraction of sp³-hybridized carbons (Fsp3) is 0.318. The highest BCUT2D eigenvalue weighted by Crippen LogP contribution is 2.27. The molecule has 2 aromatic rings. The third kappa shape index (κ3) is 4.76. The second kappa shape index (κ2) is 9.17. The summed E-state index contributed by atoms with van der Waals surface area (Å²) in [6.07, 6.45) is -0.000584. The number of cyclic esters (lactones) is 1. The first-order valence-electron chi connectivity index (χ1n) is 9.23. The molecule has 2 aromatic carbocycles. The monoisotopic (exact) mass is 381 g/mol. The van der Waals surface area contributed by atoms with Crippen molar-refractivity contribution in [3.05, 3.63) is 71.8 Å². The summed E-state index contributed by atoms with van der Waals surface area (Å²) >= 11 is 0. The summed E-state index contributed by atoms with van der Waals surface area (Å²) in [6, 6.07) is 18.6. The lowest BCUT2D eigenvalue weighted by atomic mass is 9.91. The molecule has 3 rings (SSSR count). The molecule has 0 unspecified atom stereocenters. The van der Waals surface area contributed by atoms with Crippen LogP contribution in [0, 0.1) is 0 Å². The zero-order valence-corrected chi connectivity index (χ0v) is 15.7. The van der Waals surface area contributed by atoms with Crippen LogP contribution in [0.3, 0.4) is 0 Å². The summed E-state index contributed by atoms with van der Waals surface area (Å²) in [5.74, 6) is -1.11. The van der Waals surface area contributed by atoms with Crippen molar-refractivity contribution >= 4 is 18.0 Å². The first kappa shape index (κ1) is 19.6. The van der Waals surface area contributed by atoms with E-state index in [4.69, 9.17) is 9.47 Å². The smallest absolute Gasteiger partial charge is 0.416 e. The van der Waals surface area contributed by atoms with Crippen molar-refractivity contribution in [1.29, 1.82) is 0 Å². The Hall–Kier alpha value is -3.15. The van der Waals surface area contributed by atoms with Crippen molar-refractivity contribution in [2.45, 2.75) is 31.2 Å². The van der Waals surface area contributed by atoms with E-state index in [2.05, 4.69) is 0 Å². The van der Waals surface area contributed by atoms with E-state index in [-0.39, 0.29) is 37.3 Å². The fourth-order valence-electron chi connectivity index (χ4n) is 3.43. The van der Waals surface area contributed by atoms with Crippen LogP contribution in [0.15, 0.2) is 60.7 Å². The van der Waals surface area contributed by atoms with E-state index in [1.165, 1.54) is 12.0 Å². The van der Waals surface area contributed by atoms with Crippen molar-refractivity contribution in [3.63, 3.8) is 0 Å². The number of esters is 1. The summed E-state index contributed by atoms with van der Waals surface area (Å²) < 4.78 is 9.91. The van der Waals surface area contributed by atoms with Crippen molar-refractivity contribution in [3.8, 4) is 0 Å². The number of methoxy groups -OCH3 is 1. The number of benzene rings is 2. The lowest BCUT2D eigenvalue weighted by molar-refractivity contribution is -0.141. The van der Waals surface area contributed by atoms with Gasteiger partial charge >= 0.3 is 12.1 Å². The molecule has 6 nitrogen and oxygen atoms in total. The number of rotatable bonds is 7. The van der Waals surface area contributed by atoms with Gasteiger partial charge in [0.1, 0.15) is 6.61 Å². The molecule has 1 saturated heterocycles. The van der Waals surface area contributed by atoms with E-state index in [1.807, 2.05) is 60.7 Å². The Morgan fingerprint density at radius 1 is 1.07 bits per heavy atom. The number of carbonyl (C=O) groups excluding carboxylic acids is 3. The number of imide groups is 1. The van der Waals surface area contributed by atoms with Gasteiger partial charge < -0.3 is 9.47 Å². The second-order valence-electron chi connectivity index (χ2n) is 6.78. The molecule has 0 N–H and O–H groups in total. The molecular formula is C22H23NO5. The Morgan fingerprint density at radius 3 is 2.36 bits per heavy atom. The Kier molecular flexibility index (Phi) is 6.42. The lowest BCUT2D eigenvalue weighted by Gasteiger charge is -2.23. The van der Waals surface area contributed by atoms with Crippen molar-refractivity contribution in [1.82, 2.24) is 4.90 Å². The Bertz CT molecular complexity index is 821. The first-order valence-corrected chi connectivity index (χ1v) is 9.23. The lowest BCUT2D eigenvalue weighted by Crippen LogP contribution is -2.40. The number of amides is 2. The van der Waals surface area contributed by atoms with Gasteiger partial charge in [-0.1, -0.05) is 60.7 Å². The molecule has 1 fully saturated rings. The van der Waals surface area contributed by atoms with Crippen molar-refractivity contribution in [2.75, 3.05) is 13.7 Å². The highest BCUT2D eigenvalue weighted by atomic mass is 16.6. The number of ether oxygens (including phenoxy) is 2. The minimum atomic E-state index is -0.629. The Balaban J connectivity index is 1.75. The number of nitrogens with zero attached hydrogens (tertiary/aromatic N) is 1. The third-order valence-corrected chi connectivity index (χ3v) is 4.88.